The molecule has 0 saturated carbocycles. The van der Waals surface area contributed by atoms with Gasteiger partial charge >= 0.3 is 0 Å². The Kier molecular flexibility index (Phi) is 4.98. The summed E-state index contributed by atoms with van der Waals surface area (Å²) in [4.78, 5) is 12.3. The molecule has 1 aromatic rings. The summed E-state index contributed by atoms with van der Waals surface area (Å²) in [6.45, 7) is 0.549. The molecule has 108 valence electrons. The number of amides is 1. The molecular formula is C15H21N3O2. The van der Waals surface area contributed by atoms with Crippen molar-refractivity contribution >= 4 is 11.7 Å². The number of hydrogen-bond donors (Lipinski definition) is 3. The van der Waals surface area contributed by atoms with E-state index in [4.69, 9.17) is 10.9 Å². The number of nitrogens with two attached hydrogens (primary N) is 1. The molecule has 5 heteroatoms. The molecule has 0 spiro atoms. The topological polar surface area (TPSA) is 87.7 Å². The lowest BCUT2D eigenvalue weighted by Gasteiger charge is -2.24. The van der Waals surface area contributed by atoms with E-state index in [9.17, 15) is 4.79 Å². The van der Waals surface area contributed by atoms with Crippen LogP contribution in [-0.2, 0) is 11.2 Å². The molecule has 1 aliphatic rings. The number of benzene rings is 1. The average Bonchev–Trinajstić information content (AvgIpc) is 2.50. The van der Waals surface area contributed by atoms with E-state index in [-0.39, 0.29) is 17.7 Å². The number of hydrogen-bond acceptors (Lipinski definition) is 3. The maximum absolute atomic E-state index is 12.3. The Hall–Kier alpha value is -2.04. The van der Waals surface area contributed by atoms with E-state index >= 15 is 0 Å². The lowest BCUT2D eigenvalue weighted by molar-refractivity contribution is -0.122. The fourth-order valence-corrected chi connectivity index (χ4v) is 2.68. The molecule has 1 aromatic carbocycles. The number of rotatable bonds is 5. The molecule has 0 aromatic heterocycles. The minimum Gasteiger partial charge on any atom is -0.409 e. The Labute approximate surface area is 118 Å². The van der Waals surface area contributed by atoms with Gasteiger partial charge in [-0.05, 0) is 36.8 Å². The van der Waals surface area contributed by atoms with Gasteiger partial charge in [0, 0.05) is 13.0 Å². The van der Waals surface area contributed by atoms with Gasteiger partial charge in [-0.1, -0.05) is 29.4 Å². The molecule has 0 fully saturated rings. The van der Waals surface area contributed by atoms with E-state index in [1.807, 2.05) is 12.1 Å². The molecule has 4 N–H and O–H groups in total. The molecule has 1 aliphatic carbocycles. The van der Waals surface area contributed by atoms with Crippen LogP contribution in [0, 0.1) is 0 Å². The van der Waals surface area contributed by atoms with Gasteiger partial charge in [0.2, 0.25) is 5.91 Å². The largest absolute Gasteiger partial charge is 0.409 e. The van der Waals surface area contributed by atoms with Crippen LogP contribution in [0.2, 0.25) is 0 Å². The van der Waals surface area contributed by atoms with E-state index in [0.717, 1.165) is 24.8 Å². The number of amidine groups is 1. The van der Waals surface area contributed by atoms with Gasteiger partial charge < -0.3 is 16.3 Å². The van der Waals surface area contributed by atoms with Crippen LogP contribution in [-0.4, -0.2) is 23.5 Å². The highest BCUT2D eigenvalue weighted by Crippen LogP contribution is 2.31. The van der Waals surface area contributed by atoms with Crippen molar-refractivity contribution in [2.24, 2.45) is 10.9 Å². The van der Waals surface area contributed by atoms with Crippen molar-refractivity contribution in [2.75, 3.05) is 6.54 Å². The number of fused-ring (bicyclic) bond motifs is 1. The molecule has 0 heterocycles. The maximum atomic E-state index is 12.3. The number of nitrogens with one attached hydrogen (secondary N) is 1. The zero-order chi connectivity index (χ0) is 14.4. The Morgan fingerprint density at radius 1 is 1.45 bits per heavy atom. The van der Waals surface area contributed by atoms with Crippen molar-refractivity contribution in [1.29, 1.82) is 0 Å². The number of carbonyl (C=O) groups excluding carboxylic acids is 1. The van der Waals surface area contributed by atoms with Crippen LogP contribution in [0.3, 0.4) is 0 Å². The third-order valence-electron chi connectivity index (χ3n) is 3.72. The van der Waals surface area contributed by atoms with Crippen molar-refractivity contribution in [1.82, 2.24) is 5.32 Å². The molecule has 1 amide bonds. The van der Waals surface area contributed by atoms with Crippen LogP contribution >= 0.6 is 0 Å². The van der Waals surface area contributed by atoms with E-state index < -0.39 is 0 Å². The summed E-state index contributed by atoms with van der Waals surface area (Å²) in [5.41, 5.74) is 7.83. The summed E-state index contributed by atoms with van der Waals surface area (Å²) < 4.78 is 0. The van der Waals surface area contributed by atoms with Gasteiger partial charge in [-0.3, -0.25) is 4.79 Å². The van der Waals surface area contributed by atoms with Gasteiger partial charge in [0.1, 0.15) is 5.84 Å². The van der Waals surface area contributed by atoms with Gasteiger partial charge in [-0.25, -0.2) is 0 Å². The Bertz CT molecular complexity index is 500. The van der Waals surface area contributed by atoms with Crippen molar-refractivity contribution < 1.29 is 10.0 Å². The van der Waals surface area contributed by atoms with Crippen molar-refractivity contribution in [3.63, 3.8) is 0 Å². The normalized spacial score (nSPS) is 18.4. The van der Waals surface area contributed by atoms with Gasteiger partial charge in [0.25, 0.3) is 0 Å². The molecule has 1 unspecified atom stereocenters. The van der Waals surface area contributed by atoms with Gasteiger partial charge in [-0.15, -0.1) is 0 Å². The predicted octanol–water partition coefficient (Wildman–Crippen LogP) is 1.75. The zero-order valence-corrected chi connectivity index (χ0v) is 11.5. The molecule has 1 atom stereocenters. The standard InChI is InChI=1S/C15H21N3O2/c16-14(18-20)9-4-10-17-15(19)13-8-3-6-11-5-1-2-7-12(11)13/h1-2,5,7,13,20H,3-4,6,8-10H2,(H2,16,18)(H,17,19). The quantitative estimate of drug-likeness (QED) is 0.251. The molecule has 5 nitrogen and oxygen atoms in total. The highest BCUT2D eigenvalue weighted by molar-refractivity contribution is 5.84. The first-order chi connectivity index (χ1) is 9.72. The summed E-state index contributed by atoms with van der Waals surface area (Å²) in [5.74, 6) is 0.239. The molecule has 0 radical (unpaired) electrons. The first-order valence-corrected chi connectivity index (χ1v) is 7.04. The molecule has 0 aliphatic heterocycles. The molecular weight excluding hydrogens is 254 g/mol. The average molecular weight is 275 g/mol. The summed E-state index contributed by atoms with van der Waals surface area (Å²) in [6.07, 6.45) is 4.18. The third-order valence-corrected chi connectivity index (χ3v) is 3.72. The number of carbonyl (C=O) groups is 1. The van der Waals surface area contributed by atoms with Crippen molar-refractivity contribution in [3.05, 3.63) is 35.4 Å². The predicted molar refractivity (Wildman–Crippen MR) is 77.8 cm³/mol. The minimum atomic E-state index is -0.0381. The summed E-state index contributed by atoms with van der Waals surface area (Å²) in [6, 6.07) is 8.17. The highest BCUT2D eigenvalue weighted by Gasteiger charge is 2.25. The second kappa shape index (κ2) is 6.93. The van der Waals surface area contributed by atoms with Crippen LogP contribution < -0.4 is 11.1 Å². The Balaban J connectivity index is 1.88. The van der Waals surface area contributed by atoms with Crippen LogP contribution in [0.4, 0.5) is 0 Å². The van der Waals surface area contributed by atoms with Crippen LogP contribution in [0.5, 0.6) is 0 Å². The molecule has 0 saturated heterocycles. The van der Waals surface area contributed by atoms with Crippen molar-refractivity contribution in [3.8, 4) is 0 Å². The fraction of sp³-hybridized carbons (Fsp3) is 0.467. The highest BCUT2D eigenvalue weighted by atomic mass is 16.4. The molecule has 0 bridgehead atoms. The smallest absolute Gasteiger partial charge is 0.227 e. The second-order valence-corrected chi connectivity index (χ2v) is 5.13. The first kappa shape index (κ1) is 14.4. The molecule has 20 heavy (non-hydrogen) atoms. The lowest BCUT2D eigenvalue weighted by Crippen LogP contribution is -2.32. The number of aryl methyl sites for hydroxylation is 1. The summed E-state index contributed by atoms with van der Waals surface area (Å²) in [5, 5.41) is 14.3. The summed E-state index contributed by atoms with van der Waals surface area (Å²) in [7, 11) is 0. The number of oxime groups is 1. The van der Waals surface area contributed by atoms with E-state index in [2.05, 4.69) is 22.6 Å². The second-order valence-electron chi connectivity index (χ2n) is 5.13. The Morgan fingerprint density at radius 2 is 2.25 bits per heavy atom. The lowest BCUT2D eigenvalue weighted by atomic mass is 9.82. The van der Waals surface area contributed by atoms with Gasteiger partial charge in [0.15, 0.2) is 0 Å². The van der Waals surface area contributed by atoms with Crippen LogP contribution in [0.1, 0.15) is 42.7 Å². The minimum absolute atomic E-state index is 0.0381. The maximum Gasteiger partial charge on any atom is 0.227 e. The molecule has 2 rings (SSSR count). The SMILES string of the molecule is NC(CCCNC(=O)C1CCCc2ccccc21)=NO. The van der Waals surface area contributed by atoms with Crippen LogP contribution in [0.15, 0.2) is 29.4 Å². The van der Waals surface area contributed by atoms with Gasteiger partial charge in [0.05, 0.1) is 5.92 Å². The first-order valence-electron chi connectivity index (χ1n) is 7.04. The Morgan fingerprint density at radius 3 is 3.05 bits per heavy atom. The van der Waals surface area contributed by atoms with E-state index in [0.29, 0.717) is 19.4 Å². The van der Waals surface area contributed by atoms with Crippen LogP contribution in [0.25, 0.3) is 0 Å². The van der Waals surface area contributed by atoms with Gasteiger partial charge in [-0.2, -0.15) is 0 Å². The number of nitrogens with zero attached hydrogens (tertiary/aromatic N) is 1. The van der Waals surface area contributed by atoms with E-state index in [1.165, 1.54) is 5.56 Å². The summed E-state index contributed by atoms with van der Waals surface area (Å²) >= 11 is 0. The third kappa shape index (κ3) is 3.50. The van der Waals surface area contributed by atoms with E-state index in [1.54, 1.807) is 0 Å². The van der Waals surface area contributed by atoms with Crippen molar-refractivity contribution in [2.45, 2.75) is 38.0 Å². The fourth-order valence-electron chi connectivity index (χ4n) is 2.68. The zero-order valence-electron chi connectivity index (χ0n) is 11.5. The monoisotopic (exact) mass is 275 g/mol.